The van der Waals surface area contributed by atoms with Crippen molar-refractivity contribution in [2.24, 2.45) is 5.92 Å². The molecule has 1 atom stereocenters. The number of rotatable bonds is 6. The molecule has 34 heavy (non-hydrogen) atoms. The van der Waals surface area contributed by atoms with Gasteiger partial charge in [0.1, 0.15) is 0 Å². The number of benzene rings is 2. The normalized spacial score (nSPS) is 17.9. The highest BCUT2D eigenvalue weighted by atomic mass is 16.5. The number of nitrogens with zero attached hydrogens (tertiary/aromatic N) is 4. The van der Waals surface area contributed by atoms with Gasteiger partial charge in [-0.3, -0.25) is 9.59 Å². The van der Waals surface area contributed by atoms with E-state index < -0.39 is 5.92 Å². The minimum absolute atomic E-state index is 0.114. The number of anilines is 3. The van der Waals surface area contributed by atoms with E-state index in [1.165, 1.54) is 0 Å². The van der Waals surface area contributed by atoms with Crippen molar-refractivity contribution in [3.05, 3.63) is 42.5 Å². The Balaban J connectivity index is 1.38. The van der Waals surface area contributed by atoms with Gasteiger partial charge in [0.2, 0.25) is 11.8 Å². The van der Waals surface area contributed by atoms with Crippen molar-refractivity contribution in [1.82, 2.24) is 9.97 Å². The summed E-state index contributed by atoms with van der Waals surface area (Å²) in [6, 6.07) is 12.9. The van der Waals surface area contributed by atoms with Crippen LogP contribution in [-0.2, 0) is 9.59 Å². The van der Waals surface area contributed by atoms with Gasteiger partial charge in [0.25, 0.3) is 0 Å². The van der Waals surface area contributed by atoms with Crippen LogP contribution in [0.1, 0.15) is 19.3 Å². The molecule has 5 rings (SSSR count). The third kappa shape index (κ3) is 4.09. The first-order chi connectivity index (χ1) is 16.6. The molecule has 2 aliphatic heterocycles. The van der Waals surface area contributed by atoms with Gasteiger partial charge < -0.3 is 24.6 Å². The lowest BCUT2D eigenvalue weighted by molar-refractivity contribution is -0.122. The quantitative estimate of drug-likeness (QED) is 0.602. The molecule has 3 heterocycles. The van der Waals surface area contributed by atoms with E-state index in [-0.39, 0.29) is 24.8 Å². The number of fused-ring (bicyclic) bond motifs is 1. The maximum absolute atomic E-state index is 13.2. The zero-order valence-electron chi connectivity index (χ0n) is 19.3. The molecule has 2 aliphatic rings. The van der Waals surface area contributed by atoms with Crippen molar-refractivity contribution < 1.29 is 19.1 Å². The standard InChI is InChI=1S/C25H27N5O4/c1-33-20-10-9-17(14-21(20)34-2)30-15-16(13-22(30)31)25(32)28-23-24(29-11-5-6-12-29)27-19-8-4-3-7-18(19)26-23/h3-4,7-10,14,16H,5-6,11-13,15H2,1-2H3,(H,26,28,32)/t16-/m0/s1. The fourth-order valence-electron chi connectivity index (χ4n) is 4.57. The van der Waals surface area contributed by atoms with E-state index >= 15 is 0 Å². The summed E-state index contributed by atoms with van der Waals surface area (Å²) in [7, 11) is 3.11. The number of aromatic nitrogens is 2. The predicted molar refractivity (Wildman–Crippen MR) is 130 cm³/mol. The Labute approximate surface area is 197 Å². The number of para-hydroxylation sites is 2. The fraction of sp³-hybridized carbons (Fsp3) is 0.360. The third-order valence-electron chi connectivity index (χ3n) is 6.37. The van der Waals surface area contributed by atoms with Gasteiger partial charge in [-0.1, -0.05) is 12.1 Å². The number of amides is 2. The highest BCUT2D eigenvalue weighted by molar-refractivity contribution is 6.04. The van der Waals surface area contributed by atoms with Crippen molar-refractivity contribution in [3.8, 4) is 11.5 Å². The van der Waals surface area contributed by atoms with E-state index in [1.807, 2.05) is 24.3 Å². The Bertz CT molecular complexity index is 1240. The van der Waals surface area contributed by atoms with Crippen molar-refractivity contribution in [2.45, 2.75) is 19.3 Å². The van der Waals surface area contributed by atoms with Crippen molar-refractivity contribution in [3.63, 3.8) is 0 Å². The lowest BCUT2D eigenvalue weighted by atomic mass is 10.1. The number of carbonyl (C=O) groups is 2. The molecule has 0 spiro atoms. The number of nitrogens with one attached hydrogen (secondary N) is 1. The fourth-order valence-corrected chi connectivity index (χ4v) is 4.57. The van der Waals surface area contributed by atoms with E-state index in [0.717, 1.165) is 37.0 Å². The van der Waals surface area contributed by atoms with Gasteiger partial charge >= 0.3 is 0 Å². The molecule has 0 aliphatic carbocycles. The van der Waals surface area contributed by atoms with Gasteiger partial charge in [0.05, 0.1) is 31.2 Å². The zero-order valence-corrected chi connectivity index (χ0v) is 19.3. The summed E-state index contributed by atoms with van der Waals surface area (Å²) in [5.74, 6) is 1.39. The van der Waals surface area contributed by atoms with Crippen LogP contribution in [0, 0.1) is 5.92 Å². The monoisotopic (exact) mass is 461 g/mol. The predicted octanol–water partition coefficient (Wildman–Crippen LogP) is 3.24. The molecule has 9 nitrogen and oxygen atoms in total. The van der Waals surface area contributed by atoms with Gasteiger partial charge in [-0.25, -0.2) is 9.97 Å². The summed E-state index contributed by atoms with van der Waals surface area (Å²) in [5.41, 5.74) is 2.18. The van der Waals surface area contributed by atoms with E-state index in [9.17, 15) is 9.59 Å². The molecule has 2 fully saturated rings. The van der Waals surface area contributed by atoms with E-state index in [4.69, 9.17) is 19.4 Å². The van der Waals surface area contributed by atoms with Crippen LogP contribution in [0.5, 0.6) is 11.5 Å². The molecule has 2 amide bonds. The Hall–Kier alpha value is -3.88. The van der Waals surface area contributed by atoms with E-state index in [1.54, 1.807) is 37.3 Å². The highest BCUT2D eigenvalue weighted by Gasteiger charge is 2.36. The molecule has 9 heteroatoms. The van der Waals surface area contributed by atoms with Crippen LogP contribution < -0.4 is 24.6 Å². The van der Waals surface area contributed by atoms with Crippen LogP contribution in [-0.4, -0.2) is 55.6 Å². The lowest BCUT2D eigenvalue weighted by Gasteiger charge is -2.21. The molecule has 0 bridgehead atoms. The van der Waals surface area contributed by atoms with Gasteiger partial charge in [0.15, 0.2) is 23.1 Å². The average molecular weight is 462 g/mol. The molecule has 0 unspecified atom stereocenters. The molecule has 1 aromatic heterocycles. The molecule has 1 N–H and O–H groups in total. The van der Waals surface area contributed by atoms with Crippen LogP contribution in [0.4, 0.5) is 17.3 Å². The topological polar surface area (TPSA) is 96.9 Å². The zero-order chi connectivity index (χ0) is 23.7. The van der Waals surface area contributed by atoms with E-state index in [2.05, 4.69) is 10.2 Å². The minimum atomic E-state index is -0.500. The first-order valence-corrected chi connectivity index (χ1v) is 11.4. The Kier molecular flexibility index (Phi) is 5.91. The van der Waals surface area contributed by atoms with Crippen LogP contribution in [0.25, 0.3) is 11.0 Å². The first kappa shape index (κ1) is 21.9. The second kappa shape index (κ2) is 9.17. The summed E-state index contributed by atoms with van der Waals surface area (Å²) in [4.78, 5) is 39.3. The molecule has 2 saturated heterocycles. The van der Waals surface area contributed by atoms with Crippen LogP contribution in [0.3, 0.4) is 0 Å². The second-order valence-electron chi connectivity index (χ2n) is 8.51. The number of methoxy groups -OCH3 is 2. The van der Waals surface area contributed by atoms with Gasteiger partial charge in [-0.15, -0.1) is 0 Å². The van der Waals surface area contributed by atoms with Crippen LogP contribution in [0.2, 0.25) is 0 Å². The number of carbonyl (C=O) groups excluding carboxylic acids is 2. The number of ether oxygens (including phenoxy) is 2. The lowest BCUT2D eigenvalue weighted by Crippen LogP contribution is -2.29. The van der Waals surface area contributed by atoms with Crippen molar-refractivity contribution in [1.29, 1.82) is 0 Å². The molecule has 3 aromatic rings. The van der Waals surface area contributed by atoms with Crippen molar-refractivity contribution >= 4 is 40.2 Å². The summed E-state index contributed by atoms with van der Waals surface area (Å²) in [6.45, 7) is 2.04. The molecule has 0 radical (unpaired) electrons. The minimum Gasteiger partial charge on any atom is -0.493 e. The second-order valence-corrected chi connectivity index (χ2v) is 8.51. The highest BCUT2D eigenvalue weighted by Crippen LogP contribution is 2.35. The summed E-state index contributed by atoms with van der Waals surface area (Å²) in [6.07, 6.45) is 2.29. The Morgan fingerprint density at radius 1 is 1.00 bits per heavy atom. The molecular formula is C25H27N5O4. The maximum atomic E-state index is 13.2. The Morgan fingerprint density at radius 2 is 1.71 bits per heavy atom. The van der Waals surface area contributed by atoms with Gasteiger partial charge in [-0.2, -0.15) is 0 Å². The molecule has 0 saturated carbocycles. The molecular weight excluding hydrogens is 434 g/mol. The van der Waals surface area contributed by atoms with Crippen LogP contribution in [0.15, 0.2) is 42.5 Å². The third-order valence-corrected chi connectivity index (χ3v) is 6.37. The summed E-state index contributed by atoms with van der Waals surface area (Å²) in [5, 5.41) is 2.98. The first-order valence-electron chi connectivity index (χ1n) is 11.4. The van der Waals surface area contributed by atoms with E-state index in [0.29, 0.717) is 28.8 Å². The average Bonchev–Trinajstić information content (AvgIpc) is 3.53. The maximum Gasteiger partial charge on any atom is 0.231 e. The van der Waals surface area contributed by atoms with Crippen molar-refractivity contribution in [2.75, 3.05) is 49.0 Å². The number of hydrogen-bond acceptors (Lipinski definition) is 7. The SMILES string of the molecule is COc1ccc(N2C[C@@H](C(=O)Nc3nc4ccccc4nc3N3CCCC3)CC2=O)cc1OC. The smallest absolute Gasteiger partial charge is 0.231 e. The largest absolute Gasteiger partial charge is 0.493 e. The van der Waals surface area contributed by atoms with Crippen LogP contribution >= 0.6 is 0 Å². The van der Waals surface area contributed by atoms with Gasteiger partial charge in [0, 0.05) is 37.8 Å². The summed E-state index contributed by atoms with van der Waals surface area (Å²) >= 11 is 0. The molecule has 176 valence electrons. The van der Waals surface area contributed by atoms with Gasteiger partial charge in [-0.05, 0) is 37.1 Å². The molecule has 2 aromatic carbocycles. The summed E-state index contributed by atoms with van der Waals surface area (Å²) < 4.78 is 10.6. The number of hydrogen-bond donors (Lipinski definition) is 1. The Morgan fingerprint density at radius 3 is 2.41 bits per heavy atom.